The van der Waals surface area contributed by atoms with Crippen LogP contribution in [-0.4, -0.2) is 105 Å². The quantitative estimate of drug-likeness (QED) is 0.0886. The van der Waals surface area contributed by atoms with Crippen LogP contribution in [0.15, 0.2) is 46.5 Å². The number of rotatable bonds is 20. The Morgan fingerprint density at radius 2 is 1.00 bits per heavy atom. The first-order chi connectivity index (χ1) is 27.2. The third kappa shape index (κ3) is 10.7. The van der Waals surface area contributed by atoms with Gasteiger partial charge in [-0.25, -0.2) is 31.0 Å². The second-order valence-corrected chi connectivity index (χ2v) is 17.6. The van der Waals surface area contributed by atoms with Gasteiger partial charge in [-0.1, -0.05) is 0 Å². The van der Waals surface area contributed by atoms with Crippen molar-refractivity contribution in [3.63, 3.8) is 0 Å². The van der Waals surface area contributed by atoms with Gasteiger partial charge in [0.2, 0.25) is 11.8 Å². The van der Waals surface area contributed by atoms with E-state index in [2.05, 4.69) is 10.2 Å². The van der Waals surface area contributed by atoms with Crippen LogP contribution >= 0.6 is 0 Å². The molecule has 17 nitrogen and oxygen atoms in total. The van der Waals surface area contributed by atoms with E-state index in [1.807, 2.05) is 0 Å². The molecule has 0 amide bonds. The molecule has 2 aromatic carbocycles. The van der Waals surface area contributed by atoms with Gasteiger partial charge in [0.15, 0.2) is 31.2 Å². The molecule has 0 radical (unpaired) electrons. The lowest BCUT2D eigenvalue weighted by atomic mass is 9.97. The molecule has 0 spiro atoms. The highest BCUT2D eigenvalue weighted by Gasteiger charge is 2.28. The Morgan fingerprint density at radius 1 is 0.638 bits per heavy atom. The lowest BCUT2D eigenvalue weighted by molar-refractivity contribution is 0.0100. The number of aryl methyl sites for hydroxylation is 2. The SMILES string of the molecule is CCOCc1c(S(C)(=O)=O)ccc(C(=O)c2cnn(C)c2OC(C)COC(=O)OCC(C)Oc2c(C(=O)c3ccc(S(C)(=O)=O)c(COCC)c3C)cnn2C)c1C. The highest BCUT2D eigenvalue weighted by atomic mass is 32.2. The van der Waals surface area contributed by atoms with Gasteiger partial charge in [0.25, 0.3) is 0 Å². The van der Waals surface area contributed by atoms with Crippen LogP contribution in [0.3, 0.4) is 0 Å². The Kier molecular flexibility index (Phi) is 15.0. The van der Waals surface area contributed by atoms with Crippen molar-refractivity contribution in [2.75, 3.05) is 38.9 Å². The molecule has 0 aliphatic heterocycles. The van der Waals surface area contributed by atoms with Gasteiger partial charge in [0.05, 0.1) is 35.4 Å². The molecule has 58 heavy (non-hydrogen) atoms. The molecular weight excluding hydrogens is 797 g/mol. The average molecular weight is 847 g/mol. The van der Waals surface area contributed by atoms with Crippen LogP contribution in [-0.2, 0) is 65.9 Å². The highest BCUT2D eigenvalue weighted by molar-refractivity contribution is 7.91. The highest BCUT2D eigenvalue weighted by Crippen LogP contribution is 2.30. The summed E-state index contributed by atoms with van der Waals surface area (Å²) in [4.78, 5) is 40.3. The standard InChI is InChI=1S/C39H50N4O13S2/c1-11-51-21-31-25(5)27(13-15-33(31)57(9,47)48)35(44)29-17-40-42(7)37(29)55-23(3)19-53-39(46)54-20-24(4)56-38-30(18-41-43(38)8)36(45)28-14-16-34(58(10,49)50)32(26(28)6)22-52-12-2/h13-18,23-24H,11-12,19-22H2,1-10H3. The van der Waals surface area contributed by atoms with Gasteiger partial charge in [0.1, 0.15) is 36.5 Å². The van der Waals surface area contributed by atoms with E-state index in [1.54, 1.807) is 55.6 Å². The number of hydrogen-bond donors (Lipinski definition) is 0. The fourth-order valence-electron chi connectivity index (χ4n) is 6.01. The first-order valence-electron chi connectivity index (χ1n) is 18.3. The molecule has 2 unspecified atom stereocenters. The predicted octanol–water partition coefficient (Wildman–Crippen LogP) is 4.50. The zero-order chi connectivity index (χ0) is 43.1. The molecule has 19 heteroatoms. The fraction of sp³-hybridized carbons (Fsp3) is 0.462. The molecule has 0 aliphatic carbocycles. The zero-order valence-electron chi connectivity index (χ0n) is 34.3. The summed E-state index contributed by atoms with van der Waals surface area (Å²) >= 11 is 0. The summed E-state index contributed by atoms with van der Waals surface area (Å²) in [5.74, 6) is -0.708. The van der Waals surface area contributed by atoms with E-state index in [0.717, 1.165) is 12.5 Å². The van der Waals surface area contributed by atoms with Gasteiger partial charge in [-0.3, -0.25) is 9.59 Å². The number of ether oxygens (including phenoxy) is 6. The van der Waals surface area contributed by atoms with Crippen LogP contribution in [0.5, 0.6) is 11.8 Å². The number of benzene rings is 2. The largest absolute Gasteiger partial charge is 0.508 e. The average Bonchev–Trinajstić information content (AvgIpc) is 3.70. The maximum Gasteiger partial charge on any atom is 0.508 e. The Hall–Kier alpha value is -5.11. The molecule has 0 N–H and O–H groups in total. The van der Waals surface area contributed by atoms with E-state index >= 15 is 0 Å². The van der Waals surface area contributed by atoms with Gasteiger partial charge in [-0.15, -0.1) is 0 Å². The molecule has 0 aliphatic rings. The minimum absolute atomic E-state index is 0.00318. The number of carbonyl (C=O) groups excluding carboxylic acids is 3. The molecule has 0 saturated carbocycles. The van der Waals surface area contributed by atoms with Crippen molar-refractivity contribution in [1.29, 1.82) is 0 Å². The number of hydrogen-bond acceptors (Lipinski definition) is 15. The number of aromatic nitrogens is 4. The van der Waals surface area contributed by atoms with Crippen molar-refractivity contribution in [3.8, 4) is 11.8 Å². The number of sulfone groups is 2. The lowest BCUT2D eigenvalue weighted by Crippen LogP contribution is -2.27. The van der Waals surface area contributed by atoms with Crippen molar-refractivity contribution in [2.45, 2.75) is 76.8 Å². The molecular formula is C39H50N4O13S2. The zero-order valence-corrected chi connectivity index (χ0v) is 35.9. The smallest absolute Gasteiger partial charge is 0.471 e. The van der Waals surface area contributed by atoms with E-state index in [4.69, 9.17) is 28.4 Å². The summed E-state index contributed by atoms with van der Waals surface area (Å²) in [6, 6.07) is 5.66. The molecule has 4 rings (SSSR count). The Labute approximate surface area is 338 Å². The molecule has 2 heterocycles. The van der Waals surface area contributed by atoms with Crippen molar-refractivity contribution in [3.05, 3.63) is 81.2 Å². The van der Waals surface area contributed by atoms with Crippen molar-refractivity contribution in [1.82, 2.24) is 19.6 Å². The third-order valence-electron chi connectivity index (χ3n) is 9.06. The Balaban J connectivity index is 1.38. The summed E-state index contributed by atoms with van der Waals surface area (Å²) in [7, 11) is -4.05. The number of nitrogens with zero attached hydrogens (tertiary/aromatic N) is 4. The Bertz CT molecular complexity index is 2220. The van der Waals surface area contributed by atoms with E-state index < -0.39 is 49.6 Å². The van der Waals surface area contributed by atoms with Crippen LogP contribution in [0.25, 0.3) is 0 Å². The number of ketones is 2. The van der Waals surface area contributed by atoms with E-state index in [0.29, 0.717) is 35.5 Å². The molecule has 2 aromatic heterocycles. The summed E-state index contributed by atoms with van der Waals surface area (Å²) in [5.41, 5.74) is 2.38. The second-order valence-electron chi connectivity index (χ2n) is 13.6. The maximum atomic E-state index is 13.8. The van der Waals surface area contributed by atoms with Gasteiger partial charge in [0, 0.05) is 50.9 Å². The normalized spacial score (nSPS) is 12.9. The van der Waals surface area contributed by atoms with Gasteiger partial charge >= 0.3 is 6.16 Å². The molecule has 2 atom stereocenters. The fourth-order valence-corrected chi connectivity index (χ4v) is 7.96. The van der Waals surface area contributed by atoms with Gasteiger partial charge < -0.3 is 28.4 Å². The van der Waals surface area contributed by atoms with E-state index in [-0.39, 0.29) is 70.2 Å². The lowest BCUT2D eigenvalue weighted by Gasteiger charge is -2.18. The first-order valence-corrected chi connectivity index (χ1v) is 22.1. The number of carbonyl (C=O) groups is 3. The topological polar surface area (TPSA) is 211 Å². The van der Waals surface area contributed by atoms with Crippen molar-refractivity contribution >= 4 is 37.4 Å². The van der Waals surface area contributed by atoms with Crippen molar-refractivity contribution in [2.24, 2.45) is 14.1 Å². The second kappa shape index (κ2) is 19.1. The van der Waals surface area contributed by atoms with E-state index in [1.165, 1.54) is 46.0 Å². The van der Waals surface area contributed by atoms with Crippen LogP contribution < -0.4 is 9.47 Å². The first kappa shape index (κ1) is 45.6. The van der Waals surface area contributed by atoms with Crippen LogP contribution in [0, 0.1) is 13.8 Å². The van der Waals surface area contributed by atoms with Crippen LogP contribution in [0.1, 0.15) is 81.8 Å². The summed E-state index contributed by atoms with van der Waals surface area (Å²) < 4.78 is 86.0. The maximum absolute atomic E-state index is 13.8. The van der Waals surface area contributed by atoms with Crippen molar-refractivity contribution < 1.29 is 59.6 Å². The summed E-state index contributed by atoms with van der Waals surface area (Å²) in [6.07, 6.45) is 2.30. The Morgan fingerprint density at radius 3 is 1.33 bits per heavy atom. The molecule has 0 saturated heterocycles. The third-order valence-corrected chi connectivity index (χ3v) is 11.4. The molecule has 4 aromatic rings. The van der Waals surface area contributed by atoms with Crippen LogP contribution in [0.4, 0.5) is 4.79 Å². The van der Waals surface area contributed by atoms with Gasteiger partial charge in [-0.2, -0.15) is 10.2 Å². The molecule has 316 valence electrons. The molecule has 0 bridgehead atoms. The summed E-state index contributed by atoms with van der Waals surface area (Å²) in [5, 5.41) is 8.34. The monoisotopic (exact) mass is 846 g/mol. The summed E-state index contributed by atoms with van der Waals surface area (Å²) in [6.45, 7) is 10.3. The minimum Gasteiger partial charge on any atom is -0.471 e. The minimum atomic E-state index is -3.60. The molecule has 0 fully saturated rings. The predicted molar refractivity (Wildman–Crippen MR) is 210 cm³/mol. The van der Waals surface area contributed by atoms with E-state index in [9.17, 15) is 31.2 Å². The van der Waals surface area contributed by atoms with Gasteiger partial charge in [-0.05, 0) is 88.1 Å². The van der Waals surface area contributed by atoms with Crippen LogP contribution in [0.2, 0.25) is 0 Å².